The molecule has 5 rings (SSSR count). The zero-order valence-electron chi connectivity index (χ0n) is 22.8. The molecule has 3 aromatic heterocycles. The largest absolute Gasteiger partial charge is 0.401 e. The molecule has 1 atom stereocenters. The van der Waals surface area contributed by atoms with E-state index in [-0.39, 0.29) is 11.8 Å². The second-order valence-corrected chi connectivity index (χ2v) is 10.0. The number of benzene rings is 1. The summed E-state index contributed by atoms with van der Waals surface area (Å²) in [6.45, 7) is 3.44. The monoisotopic (exact) mass is 564 g/mol. The number of piperazine rings is 1. The number of amides is 1. The molecule has 0 unspecified atom stereocenters. The lowest BCUT2D eigenvalue weighted by atomic mass is 9.96. The van der Waals surface area contributed by atoms with E-state index in [0.717, 1.165) is 27.8 Å². The lowest BCUT2D eigenvalue weighted by Crippen LogP contribution is -2.49. The minimum Gasteiger partial charge on any atom is -0.369 e. The van der Waals surface area contributed by atoms with Crippen LogP contribution in [0, 0.1) is 0 Å². The van der Waals surface area contributed by atoms with Gasteiger partial charge in [-0.2, -0.15) is 13.2 Å². The smallest absolute Gasteiger partial charge is 0.369 e. The molecule has 1 saturated heterocycles. The summed E-state index contributed by atoms with van der Waals surface area (Å²) in [6.07, 6.45) is 0.681. The minimum absolute atomic E-state index is 0.0714. The van der Waals surface area contributed by atoms with Crippen molar-refractivity contribution in [3.8, 4) is 11.3 Å². The van der Waals surface area contributed by atoms with Gasteiger partial charge in [-0.15, -0.1) is 0 Å². The summed E-state index contributed by atoms with van der Waals surface area (Å²) < 4.78 is 38.0. The summed E-state index contributed by atoms with van der Waals surface area (Å²) >= 11 is 0. The lowest BCUT2D eigenvalue weighted by molar-refractivity contribution is -0.146. The van der Waals surface area contributed by atoms with E-state index in [0.29, 0.717) is 49.8 Å². The average molecular weight is 565 g/mol. The third-order valence-corrected chi connectivity index (χ3v) is 7.20. The molecule has 0 aliphatic carbocycles. The molecule has 4 aromatic rings. The first-order chi connectivity index (χ1) is 19.7. The van der Waals surface area contributed by atoms with Gasteiger partial charge < -0.3 is 15.5 Å². The van der Waals surface area contributed by atoms with E-state index in [2.05, 4.69) is 37.5 Å². The van der Waals surface area contributed by atoms with E-state index in [1.165, 1.54) is 11.2 Å². The van der Waals surface area contributed by atoms with Gasteiger partial charge in [0.2, 0.25) is 0 Å². The third-order valence-electron chi connectivity index (χ3n) is 7.20. The van der Waals surface area contributed by atoms with Crippen molar-refractivity contribution in [3.05, 3.63) is 72.3 Å². The van der Waals surface area contributed by atoms with Crippen molar-refractivity contribution >= 4 is 28.4 Å². The van der Waals surface area contributed by atoms with Crippen LogP contribution in [0.25, 0.3) is 22.2 Å². The molecule has 1 aromatic carbocycles. The molecule has 4 heterocycles. The Morgan fingerprint density at radius 1 is 1.02 bits per heavy atom. The number of hydrogen-bond donors (Lipinski definition) is 2. The molecular weight excluding hydrogens is 533 g/mol. The summed E-state index contributed by atoms with van der Waals surface area (Å²) in [5.41, 5.74) is 3.91. The number of nitrogens with zero attached hydrogens (tertiary/aromatic N) is 6. The maximum atomic E-state index is 12.7. The maximum absolute atomic E-state index is 12.7. The maximum Gasteiger partial charge on any atom is 0.401 e. The fourth-order valence-corrected chi connectivity index (χ4v) is 5.02. The Morgan fingerprint density at radius 2 is 1.83 bits per heavy atom. The van der Waals surface area contributed by atoms with Crippen LogP contribution < -0.4 is 15.5 Å². The van der Waals surface area contributed by atoms with Crippen LogP contribution in [0.2, 0.25) is 0 Å². The molecule has 1 aliphatic rings. The number of anilines is 2. The van der Waals surface area contributed by atoms with Gasteiger partial charge in [0.15, 0.2) is 0 Å². The first-order valence-electron chi connectivity index (χ1n) is 13.4. The van der Waals surface area contributed by atoms with Crippen LogP contribution in [0.1, 0.15) is 28.8 Å². The second kappa shape index (κ2) is 12.0. The van der Waals surface area contributed by atoms with Crippen LogP contribution in [-0.2, 0) is 0 Å². The fourth-order valence-electron chi connectivity index (χ4n) is 5.02. The van der Waals surface area contributed by atoms with Gasteiger partial charge in [0.25, 0.3) is 5.91 Å². The van der Waals surface area contributed by atoms with Crippen molar-refractivity contribution < 1.29 is 18.0 Å². The number of alkyl halides is 3. The highest BCUT2D eigenvalue weighted by Crippen LogP contribution is 2.27. The van der Waals surface area contributed by atoms with E-state index >= 15 is 0 Å². The lowest BCUT2D eigenvalue weighted by Gasteiger charge is -2.35. The highest BCUT2D eigenvalue weighted by molar-refractivity contribution is 6.06. The Bertz CT molecular complexity index is 1500. The highest BCUT2D eigenvalue weighted by atomic mass is 19.4. The Balaban J connectivity index is 1.23. The average Bonchev–Trinajstić information content (AvgIpc) is 2.98. The Hall–Kier alpha value is -4.32. The molecular formula is C29H31F3N8O. The minimum atomic E-state index is -4.18. The summed E-state index contributed by atoms with van der Waals surface area (Å²) in [5.74, 6) is 1.30. The molecule has 0 bridgehead atoms. The first-order valence-corrected chi connectivity index (χ1v) is 13.4. The number of aromatic nitrogens is 4. The Labute approximate surface area is 235 Å². The van der Waals surface area contributed by atoms with Crippen molar-refractivity contribution in [2.24, 2.45) is 0 Å². The molecule has 214 valence electrons. The van der Waals surface area contributed by atoms with Crippen molar-refractivity contribution in [1.29, 1.82) is 0 Å². The zero-order valence-corrected chi connectivity index (χ0v) is 22.8. The number of carbonyl (C=O) groups is 1. The van der Waals surface area contributed by atoms with Crippen molar-refractivity contribution in [2.45, 2.75) is 19.0 Å². The predicted molar refractivity (Wildman–Crippen MR) is 152 cm³/mol. The number of pyridine rings is 2. The molecule has 0 radical (unpaired) electrons. The van der Waals surface area contributed by atoms with Gasteiger partial charge in [-0.05, 0) is 23.8 Å². The van der Waals surface area contributed by atoms with E-state index in [1.54, 1.807) is 25.5 Å². The number of para-hydroxylation sites is 1. The quantitative estimate of drug-likeness (QED) is 0.326. The number of hydrogen-bond acceptors (Lipinski definition) is 8. The third kappa shape index (κ3) is 6.71. The molecule has 12 heteroatoms. The van der Waals surface area contributed by atoms with Crippen molar-refractivity contribution in [2.75, 3.05) is 56.5 Å². The van der Waals surface area contributed by atoms with Crippen LogP contribution in [0.5, 0.6) is 0 Å². The van der Waals surface area contributed by atoms with Gasteiger partial charge in [0.05, 0.1) is 23.3 Å². The van der Waals surface area contributed by atoms with Gasteiger partial charge in [0.1, 0.15) is 18.0 Å². The molecule has 1 fully saturated rings. The topological polar surface area (TPSA) is 99.2 Å². The normalized spacial score (nSPS) is 15.1. The molecule has 2 N–H and O–H groups in total. The molecule has 1 aliphatic heterocycles. The van der Waals surface area contributed by atoms with Gasteiger partial charge in [-0.1, -0.05) is 25.1 Å². The van der Waals surface area contributed by atoms with Gasteiger partial charge >= 0.3 is 6.18 Å². The summed E-state index contributed by atoms with van der Waals surface area (Å²) in [5, 5.41) is 6.86. The number of nitrogens with one attached hydrogen (secondary N) is 2. The Kier molecular flexibility index (Phi) is 8.29. The number of fused-ring (bicyclic) bond motifs is 1. The van der Waals surface area contributed by atoms with Crippen LogP contribution in [-0.4, -0.2) is 83.2 Å². The van der Waals surface area contributed by atoms with Crippen LogP contribution in [0.3, 0.4) is 0 Å². The second-order valence-electron chi connectivity index (χ2n) is 10.0. The Morgan fingerprint density at radius 3 is 2.54 bits per heavy atom. The standard InChI is InChI=1S/C29H31F3N8O/c1-19(21-4-3-5-22-23(28(41)33-2)8-9-34-27(21)22)15-35-25-14-24(37-18-38-25)20-6-7-26(36-16-20)40-12-10-39(11-13-40)17-29(30,31)32/h3-9,14,16,18-19H,10-13,15,17H2,1-2H3,(H,33,41)(H,35,37,38)/t19-/m1/s1. The van der Waals surface area contributed by atoms with E-state index in [1.807, 2.05) is 41.3 Å². The molecule has 0 saturated carbocycles. The van der Waals surface area contributed by atoms with Gasteiger partial charge in [0, 0.05) is 75.1 Å². The summed E-state index contributed by atoms with van der Waals surface area (Å²) in [6, 6.07) is 13.2. The SMILES string of the molecule is CNC(=O)c1ccnc2c([C@H](C)CNc3cc(-c4ccc(N5CCN(CC(F)(F)F)CC5)nc4)ncn3)cccc12. The van der Waals surface area contributed by atoms with E-state index < -0.39 is 12.7 Å². The fraction of sp³-hybridized carbons (Fsp3) is 0.345. The molecule has 1 amide bonds. The van der Waals surface area contributed by atoms with Crippen LogP contribution >= 0.6 is 0 Å². The number of carbonyl (C=O) groups excluding carboxylic acids is 1. The highest BCUT2D eigenvalue weighted by Gasteiger charge is 2.32. The predicted octanol–water partition coefficient (Wildman–Crippen LogP) is 4.35. The van der Waals surface area contributed by atoms with Crippen LogP contribution in [0.4, 0.5) is 24.8 Å². The summed E-state index contributed by atoms with van der Waals surface area (Å²) in [4.78, 5) is 33.6. The van der Waals surface area contributed by atoms with Gasteiger partial charge in [-0.3, -0.25) is 14.7 Å². The number of rotatable bonds is 8. The number of halogens is 3. The van der Waals surface area contributed by atoms with Crippen molar-refractivity contribution in [3.63, 3.8) is 0 Å². The van der Waals surface area contributed by atoms with Crippen molar-refractivity contribution in [1.82, 2.24) is 30.2 Å². The van der Waals surface area contributed by atoms with E-state index in [9.17, 15) is 18.0 Å². The molecule has 41 heavy (non-hydrogen) atoms. The summed E-state index contributed by atoms with van der Waals surface area (Å²) in [7, 11) is 1.61. The van der Waals surface area contributed by atoms with Gasteiger partial charge in [-0.25, -0.2) is 15.0 Å². The molecule has 0 spiro atoms. The van der Waals surface area contributed by atoms with Crippen LogP contribution in [0.15, 0.2) is 61.2 Å². The zero-order chi connectivity index (χ0) is 29.0. The molecule has 9 nitrogen and oxygen atoms in total. The van der Waals surface area contributed by atoms with E-state index in [4.69, 9.17) is 0 Å². The first kappa shape index (κ1) is 28.2.